The molecule has 2 aliphatic rings. The Hall–Kier alpha value is -2.94. The fourth-order valence-corrected chi connectivity index (χ4v) is 4.17. The summed E-state index contributed by atoms with van der Waals surface area (Å²) in [6.07, 6.45) is 1.86. The zero-order valence-electron chi connectivity index (χ0n) is 16.5. The Labute approximate surface area is 183 Å². The number of fused-ring (bicyclic) bond motifs is 2. The molecule has 3 aromatic rings. The molecule has 2 aromatic carbocycles. The van der Waals surface area contributed by atoms with Crippen LogP contribution >= 0.6 is 11.6 Å². The van der Waals surface area contributed by atoms with E-state index in [0.717, 1.165) is 12.0 Å². The van der Waals surface area contributed by atoms with Crippen molar-refractivity contribution < 1.29 is 20.1 Å². The van der Waals surface area contributed by atoms with Gasteiger partial charge in [0.25, 0.3) is 5.91 Å². The van der Waals surface area contributed by atoms with Crippen LogP contribution in [0.4, 0.5) is 11.8 Å². The van der Waals surface area contributed by atoms with Crippen molar-refractivity contribution in [3.8, 4) is 0 Å². The number of nitrogens with one attached hydrogen (secondary N) is 1. The fraction of sp³-hybridized carbons (Fsp3) is 0.318. The zero-order chi connectivity index (χ0) is 21.8. The minimum absolute atomic E-state index is 0.234. The number of halogens is 1. The smallest absolute Gasteiger partial charge is 0.306 e. The normalized spacial score (nSPS) is 16.3. The lowest BCUT2D eigenvalue weighted by molar-refractivity contribution is -0.144. The Morgan fingerprint density at radius 3 is 2.58 bits per heavy atom. The van der Waals surface area contributed by atoms with E-state index in [-0.39, 0.29) is 11.7 Å². The van der Waals surface area contributed by atoms with Crippen molar-refractivity contribution in [1.29, 1.82) is 0 Å². The second-order valence-electron chi connectivity index (χ2n) is 8.09. The van der Waals surface area contributed by atoms with Gasteiger partial charge in [-0.05, 0) is 54.7 Å². The van der Waals surface area contributed by atoms with Gasteiger partial charge in [-0.1, -0.05) is 23.7 Å². The number of aromatic nitrogens is 2. The van der Waals surface area contributed by atoms with E-state index in [1.165, 1.54) is 5.56 Å². The first-order valence-corrected chi connectivity index (χ1v) is 10.5. The van der Waals surface area contributed by atoms with E-state index >= 15 is 0 Å². The molecule has 0 radical (unpaired) electrons. The monoisotopic (exact) mass is 440 g/mol. The number of anilines is 2. The summed E-state index contributed by atoms with van der Waals surface area (Å²) in [5.74, 6) is -2.86. The molecule has 5 rings (SSSR count). The van der Waals surface area contributed by atoms with Crippen molar-refractivity contribution in [2.24, 2.45) is 5.92 Å². The van der Waals surface area contributed by atoms with Crippen molar-refractivity contribution >= 4 is 40.2 Å². The van der Waals surface area contributed by atoms with Crippen molar-refractivity contribution in [2.45, 2.75) is 25.2 Å². The van der Waals surface area contributed by atoms with Gasteiger partial charge in [0.1, 0.15) is 5.82 Å². The van der Waals surface area contributed by atoms with Gasteiger partial charge in [0.2, 0.25) is 5.95 Å². The van der Waals surface area contributed by atoms with Gasteiger partial charge in [0.05, 0.1) is 11.4 Å². The van der Waals surface area contributed by atoms with Crippen molar-refractivity contribution in [3.63, 3.8) is 0 Å². The van der Waals surface area contributed by atoms with Gasteiger partial charge in [0, 0.05) is 29.1 Å². The SMILES string of the molecule is O=C(O)C1CCN(c2nc(NC(O)(O)c3ccc4c(c3)C4)c3cc(Cl)ccc3n2)CC1. The standard InChI is InChI=1S/C22H21ClN4O4/c23-16-3-4-18-17(11-16)19(26-22(30,31)15-2-1-13-9-14(13)10-15)25-21(24-18)27-7-5-12(6-8-27)20(28)29/h1-4,10-12,30-31H,5-9H2,(H,28,29)(H,24,25,26). The first-order chi connectivity index (χ1) is 14.8. The third kappa shape index (κ3) is 3.89. The van der Waals surface area contributed by atoms with Crippen LogP contribution in [0, 0.1) is 5.92 Å². The van der Waals surface area contributed by atoms with Gasteiger partial charge < -0.3 is 25.5 Å². The van der Waals surface area contributed by atoms with Crippen molar-refractivity contribution in [2.75, 3.05) is 23.3 Å². The number of aliphatic hydroxyl groups is 2. The molecule has 31 heavy (non-hydrogen) atoms. The third-order valence-electron chi connectivity index (χ3n) is 5.93. The van der Waals surface area contributed by atoms with E-state index in [1.54, 1.807) is 30.3 Å². The molecule has 0 atom stereocenters. The number of carboxylic acid groups (broad SMARTS) is 1. The molecule has 4 N–H and O–H groups in total. The van der Waals surface area contributed by atoms with E-state index < -0.39 is 11.9 Å². The Morgan fingerprint density at radius 2 is 1.87 bits per heavy atom. The largest absolute Gasteiger partial charge is 0.481 e. The number of hydrogen-bond acceptors (Lipinski definition) is 7. The van der Waals surface area contributed by atoms with Crippen LogP contribution in [0.2, 0.25) is 5.02 Å². The highest BCUT2D eigenvalue weighted by atomic mass is 35.5. The molecule has 0 spiro atoms. The lowest BCUT2D eigenvalue weighted by atomic mass is 9.97. The van der Waals surface area contributed by atoms with Crippen LogP contribution in [-0.2, 0) is 17.1 Å². The summed E-state index contributed by atoms with van der Waals surface area (Å²) >= 11 is 6.17. The number of piperidine rings is 1. The van der Waals surface area contributed by atoms with E-state index in [1.807, 2.05) is 11.0 Å². The third-order valence-corrected chi connectivity index (χ3v) is 6.17. The molecular weight excluding hydrogens is 420 g/mol. The van der Waals surface area contributed by atoms with E-state index in [2.05, 4.69) is 15.3 Å². The maximum Gasteiger partial charge on any atom is 0.306 e. The quantitative estimate of drug-likeness (QED) is 0.350. The highest BCUT2D eigenvalue weighted by molar-refractivity contribution is 6.31. The highest BCUT2D eigenvalue weighted by Gasteiger charge is 2.31. The van der Waals surface area contributed by atoms with Gasteiger partial charge in [-0.15, -0.1) is 0 Å². The summed E-state index contributed by atoms with van der Waals surface area (Å²) in [5.41, 5.74) is 3.20. The molecular formula is C22H21ClN4O4. The fourth-order valence-electron chi connectivity index (χ4n) is 4.00. The van der Waals surface area contributed by atoms with Gasteiger partial charge in [-0.2, -0.15) is 4.98 Å². The van der Waals surface area contributed by atoms with Crippen LogP contribution in [0.5, 0.6) is 0 Å². The molecule has 160 valence electrons. The summed E-state index contributed by atoms with van der Waals surface area (Å²) in [4.78, 5) is 22.3. The summed E-state index contributed by atoms with van der Waals surface area (Å²) in [6, 6.07) is 10.4. The van der Waals surface area contributed by atoms with Crippen LogP contribution < -0.4 is 10.2 Å². The predicted octanol–water partition coefficient (Wildman–Crippen LogP) is 2.70. The van der Waals surface area contributed by atoms with Crippen LogP contribution in [0.3, 0.4) is 0 Å². The molecule has 1 fully saturated rings. The molecule has 2 heterocycles. The average Bonchev–Trinajstić information content (AvgIpc) is 3.53. The van der Waals surface area contributed by atoms with Gasteiger partial charge in [-0.25, -0.2) is 4.98 Å². The van der Waals surface area contributed by atoms with Crippen LogP contribution in [0.15, 0.2) is 36.4 Å². The Bertz CT molecular complexity index is 1190. The number of carbonyl (C=O) groups is 1. The molecule has 1 aliphatic carbocycles. The summed E-state index contributed by atoms with van der Waals surface area (Å²) in [7, 11) is 0. The highest BCUT2D eigenvalue weighted by Crippen LogP contribution is 2.34. The predicted molar refractivity (Wildman–Crippen MR) is 116 cm³/mol. The second-order valence-corrected chi connectivity index (χ2v) is 8.53. The van der Waals surface area contributed by atoms with Crippen LogP contribution in [-0.4, -0.2) is 44.3 Å². The lowest BCUT2D eigenvalue weighted by Gasteiger charge is -2.31. The number of aliphatic carboxylic acids is 1. The lowest BCUT2D eigenvalue weighted by Crippen LogP contribution is -2.38. The number of hydrogen-bond donors (Lipinski definition) is 4. The molecule has 1 aromatic heterocycles. The first-order valence-electron chi connectivity index (χ1n) is 10.1. The second kappa shape index (κ2) is 7.33. The minimum atomic E-state index is -2.34. The molecule has 1 aliphatic heterocycles. The number of nitrogens with zero attached hydrogens (tertiary/aromatic N) is 3. The molecule has 8 nitrogen and oxygen atoms in total. The van der Waals surface area contributed by atoms with Crippen molar-refractivity contribution in [1.82, 2.24) is 9.97 Å². The van der Waals surface area contributed by atoms with E-state index in [9.17, 15) is 20.1 Å². The molecule has 9 heteroatoms. The average molecular weight is 441 g/mol. The molecule has 0 bridgehead atoms. The minimum Gasteiger partial charge on any atom is -0.481 e. The molecule has 1 saturated heterocycles. The van der Waals surface area contributed by atoms with E-state index in [4.69, 9.17) is 11.6 Å². The number of carboxylic acids is 1. The zero-order valence-corrected chi connectivity index (χ0v) is 17.3. The van der Waals surface area contributed by atoms with Crippen LogP contribution in [0.1, 0.15) is 29.5 Å². The Morgan fingerprint density at radius 1 is 1.10 bits per heavy atom. The molecule has 0 unspecified atom stereocenters. The maximum atomic E-state index is 11.2. The summed E-state index contributed by atoms with van der Waals surface area (Å²) in [6.45, 7) is 1.01. The number of benzene rings is 2. The summed E-state index contributed by atoms with van der Waals surface area (Å²) < 4.78 is 0. The topological polar surface area (TPSA) is 119 Å². The summed E-state index contributed by atoms with van der Waals surface area (Å²) in [5, 5.41) is 34.6. The van der Waals surface area contributed by atoms with E-state index in [0.29, 0.717) is 53.4 Å². The Balaban J connectivity index is 1.50. The van der Waals surface area contributed by atoms with Crippen LogP contribution in [0.25, 0.3) is 10.9 Å². The number of rotatable bonds is 5. The molecule has 0 saturated carbocycles. The molecule has 0 amide bonds. The first kappa shape index (κ1) is 20.0. The van der Waals surface area contributed by atoms with Gasteiger partial charge in [0.15, 0.2) is 0 Å². The van der Waals surface area contributed by atoms with Gasteiger partial charge >= 0.3 is 5.97 Å². The maximum absolute atomic E-state index is 11.2. The van der Waals surface area contributed by atoms with Crippen molar-refractivity contribution in [3.05, 3.63) is 58.1 Å². The Kier molecular flexibility index (Phi) is 4.73. The van der Waals surface area contributed by atoms with Gasteiger partial charge in [-0.3, -0.25) is 4.79 Å².